The smallest absolute Gasteiger partial charge is 0.225 e. The van der Waals surface area contributed by atoms with E-state index in [0.29, 0.717) is 11.9 Å². The maximum atomic E-state index is 12.8. The number of carbonyl (C=O) groups is 1. The van der Waals surface area contributed by atoms with E-state index in [1.807, 2.05) is 7.05 Å². The van der Waals surface area contributed by atoms with Gasteiger partial charge in [0, 0.05) is 44.2 Å². The van der Waals surface area contributed by atoms with Gasteiger partial charge in [0.1, 0.15) is 0 Å². The van der Waals surface area contributed by atoms with Crippen LogP contribution in [-0.2, 0) is 4.79 Å². The second kappa shape index (κ2) is 11.0. The molecule has 1 atom stereocenters. The van der Waals surface area contributed by atoms with Crippen molar-refractivity contribution in [1.82, 2.24) is 20.4 Å². The number of likely N-dealkylation sites (tertiary alicyclic amines) is 1. The molecule has 3 aliphatic rings. The fourth-order valence-corrected chi connectivity index (χ4v) is 5.14. The molecule has 0 aromatic rings. The van der Waals surface area contributed by atoms with Crippen molar-refractivity contribution in [3.63, 3.8) is 0 Å². The van der Waals surface area contributed by atoms with E-state index in [0.717, 1.165) is 44.9 Å². The topological polar surface area (TPSA) is 60.0 Å². The van der Waals surface area contributed by atoms with Crippen LogP contribution in [0, 0.1) is 5.92 Å². The predicted molar refractivity (Wildman–Crippen MR) is 126 cm³/mol. The summed E-state index contributed by atoms with van der Waals surface area (Å²) in [5.74, 6) is 1.54. The highest BCUT2D eigenvalue weighted by Gasteiger charge is 2.36. The van der Waals surface area contributed by atoms with E-state index in [1.165, 1.54) is 44.9 Å². The molecule has 162 valence electrons. The number of nitrogens with one attached hydrogen (secondary N) is 2. The van der Waals surface area contributed by atoms with Gasteiger partial charge in [-0.2, -0.15) is 0 Å². The van der Waals surface area contributed by atoms with Crippen molar-refractivity contribution in [2.45, 2.75) is 75.8 Å². The van der Waals surface area contributed by atoms with Crippen LogP contribution in [0.5, 0.6) is 0 Å². The molecule has 0 aromatic heterocycles. The Morgan fingerprint density at radius 1 is 1.11 bits per heavy atom. The standard InChI is InChI=1S/C21H39N5O.HI/c1-22-20(23-16-21(25(2)3)12-7-8-13-21)24-18-11-14-26(15-18)19(27)17-9-5-4-6-10-17;/h17-18H,4-16H2,1-3H3,(H2,22,23,24);1H. The molecule has 1 aliphatic heterocycles. The number of guanidine groups is 1. The molecule has 3 rings (SSSR count). The SMILES string of the molecule is CN=C(NCC1(N(C)C)CCCC1)NC1CCN(C(=O)C2CCCCC2)C1.I. The molecule has 0 aromatic carbocycles. The minimum atomic E-state index is 0. The van der Waals surface area contributed by atoms with Crippen molar-refractivity contribution >= 4 is 35.8 Å². The lowest BCUT2D eigenvalue weighted by Crippen LogP contribution is -2.54. The lowest BCUT2D eigenvalue weighted by molar-refractivity contribution is -0.135. The molecule has 0 spiro atoms. The summed E-state index contributed by atoms with van der Waals surface area (Å²) in [6.45, 7) is 2.62. The Morgan fingerprint density at radius 3 is 2.39 bits per heavy atom. The lowest BCUT2D eigenvalue weighted by atomic mass is 9.88. The van der Waals surface area contributed by atoms with Crippen LogP contribution in [0.15, 0.2) is 4.99 Å². The zero-order chi connectivity index (χ0) is 19.3. The predicted octanol–water partition coefficient (Wildman–Crippen LogP) is 2.83. The summed E-state index contributed by atoms with van der Waals surface area (Å²) in [7, 11) is 6.22. The monoisotopic (exact) mass is 505 g/mol. The van der Waals surface area contributed by atoms with Crippen LogP contribution < -0.4 is 10.6 Å². The molecule has 3 fully saturated rings. The summed E-state index contributed by atoms with van der Waals surface area (Å²) >= 11 is 0. The highest BCUT2D eigenvalue weighted by molar-refractivity contribution is 14.0. The Labute approximate surface area is 188 Å². The van der Waals surface area contributed by atoms with Gasteiger partial charge in [-0.3, -0.25) is 9.79 Å². The van der Waals surface area contributed by atoms with Gasteiger partial charge in [-0.05, 0) is 46.2 Å². The summed E-state index contributed by atoms with van der Waals surface area (Å²) < 4.78 is 0. The average molecular weight is 505 g/mol. The number of nitrogens with zero attached hydrogens (tertiary/aromatic N) is 3. The Kier molecular flexibility index (Phi) is 9.31. The molecule has 6 nitrogen and oxygen atoms in total. The third-order valence-corrected chi connectivity index (χ3v) is 7.09. The van der Waals surface area contributed by atoms with Gasteiger partial charge in [0.05, 0.1) is 0 Å². The first kappa shape index (κ1) is 23.7. The highest BCUT2D eigenvalue weighted by atomic mass is 127. The average Bonchev–Trinajstić information content (AvgIpc) is 3.35. The van der Waals surface area contributed by atoms with Crippen LogP contribution in [0.2, 0.25) is 0 Å². The van der Waals surface area contributed by atoms with Crippen molar-refractivity contribution in [2.24, 2.45) is 10.9 Å². The van der Waals surface area contributed by atoms with Gasteiger partial charge in [0.15, 0.2) is 5.96 Å². The Hall–Kier alpha value is -0.570. The minimum Gasteiger partial charge on any atom is -0.355 e. The molecule has 0 bridgehead atoms. The van der Waals surface area contributed by atoms with Gasteiger partial charge in [0.25, 0.3) is 0 Å². The third-order valence-electron chi connectivity index (χ3n) is 7.09. The Morgan fingerprint density at radius 2 is 1.79 bits per heavy atom. The maximum absolute atomic E-state index is 12.8. The van der Waals surface area contributed by atoms with Crippen LogP contribution in [0.25, 0.3) is 0 Å². The van der Waals surface area contributed by atoms with Crippen LogP contribution in [0.1, 0.15) is 64.2 Å². The van der Waals surface area contributed by atoms with E-state index in [2.05, 4.69) is 39.5 Å². The number of likely N-dealkylation sites (N-methyl/N-ethyl adjacent to an activating group) is 1. The van der Waals surface area contributed by atoms with Gasteiger partial charge in [-0.15, -0.1) is 24.0 Å². The number of hydrogen-bond donors (Lipinski definition) is 2. The maximum Gasteiger partial charge on any atom is 0.225 e. The highest BCUT2D eigenvalue weighted by Crippen LogP contribution is 2.33. The molecule has 28 heavy (non-hydrogen) atoms. The Bertz CT molecular complexity index is 527. The van der Waals surface area contributed by atoms with E-state index in [1.54, 1.807) is 0 Å². The molecule has 2 aliphatic carbocycles. The van der Waals surface area contributed by atoms with E-state index in [-0.39, 0.29) is 35.4 Å². The normalized spacial score (nSPS) is 25.6. The number of amides is 1. The van der Waals surface area contributed by atoms with Crippen LogP contribution in [0.4, 0.5) is 0 Å². The first-order valence-corrected chi connectivity index (χ1v) is 11.0. The zero-order valence-corrected chi connectivity index (χ0v) is 20.3. The van der Waals surface area contributed by atoms with E-state index in [4.69, 9.17) is 0 Å². The van der Waals surface area contributed by atoms with Crippen molar-refractivity contribution in [2.75, 3.05) is 40.8 Å². The second-order valence-corrected chi connectivity index (χ2v) is 9.00. The molecule has 2 saturated carbocycles. The third kappa shape index (κ3) is 5.74. The largest absolute Gasteiger partial charge is 0.355 e. The van der Waals surface area contributed by atoms with Crippen molar-refractivity contribution in [3.8, 4) is 0 Å². The van der Waals surface area contributed by atoms with Crippen molar-refractivity contribution in [3.05, 3.63) is 0 Å². The molecular weight excluding hydrogens is 465 g/mol. The van der Waals surface area contributed by atoms with E-state index < -0.39 is 0 Å². The quantitative estimate of drug-likeness (QED) is 0.343. The van der Waals surface area contributed by atoms with Gasteiger partial charge in [0.2, 0.25) is 5.91 Å². The molecule has 2 N–H and O–H groups in total. The Balaban J connectivity index is 0.00000280. The number of halogens is 1. The van der Waals surface area contributed by atoms with Crippen LogP contribution in [0.3, 0.4) is 0 Å². The number of hydrogen-bond acceptors (Lipinski definition) is 3. The number of rotatable bonds is 5. The van der Waals surface area contributed by atoms with Gasteiger partial charge in [-0.25, -0.2) is 0 Å². The van der Waals surface area contributed by atoms with Crippen LogP contribution in [-0.4, -0.2) is 74.0 Å². The van der Waals surface area contributed by atoms with Crippen molar-refractivity contribution < 1.29 is 4.79 Å². The van der Waals surface area contributed by atoms with E-state index in [9.17, 15) is 4.79 Å². The molecule has 0 radical (unpaired) electrons. The van der Waals surface area contributed by atoms with Gasteiger partial charge < -0.3 is 20.4 Å². The van der Waals surface area contributed by atoms with E-state index >= 15 is 0 Å². The first-order chi connectivity index (χ1) is 13.0. The first-order valence-electron chi connectivity index (χ1n) is 11.0. The fourth-order valence-electron chi connectivity index (χ4n) is 5.14. The van der Waals surface area contributed by atoms with Gasteiger partial charge >= 0.3 is 0 Å². The molecule has 1 heterocycles. The molecule has 1 amide bonds. The molecule has 1 saturated heterocycles. The van der Waals surface area contributed by atoms with Crippen LogP contribution >= 0.6 is 24.0 Å². The molecular formula is C21H40IN5O. The minimum absolute atomic E-state index is 0. The summed E-state index contributed by atoms with van der Waals surface area (Å²) in [6.07, 6.45) is 12.0. The van der Waals surface area contributed by atoms with Gasteiger partial charge in [-0.1, -0.05) is 32.1 Å². The van der Waals surface area contributed by atoms with Crippen molar-refractivity contribution in [1.29, 1.82) is 0 Å². The molecule has 1 unspecified atom stereocenters. The zero-order valence-electron chi connectivity index (χ0n) is 18.0. The summed E-state index contributed by atoms with van der Waals surface area (Å²) in [5, 5.41) is 7.12. The number of carbonyl (C=O) groups excluding carboxylic acids is 1. The summed E-state index contributed by atoms with van der Waals surface area (Å²) in [4.78, 5) is 21.7. The molecule has 7 heteroatoms. The lowest BCUT2D eigenvalue weighted by Gasteiger charge is -2.37. The summed E-state index contributed by atoms with van der Waals surface area (Å²) in [6, 6.07) is 0.308. The number of aliphatic imine (C=N–C) groups is 1. The summed E-state index contributed by atoms with van der Waals surface area (Å²) in [5.41, 5.74) is 0.246. The fraction of sp³-hybridized carbons (Fsp3) is 0.905. The second-order valence-electron chi connectivity index (χ2n) is 9.00.